The Bertz CT molecular complexity index is 961. The number of carbonyl (C=O) groups is 1. The number of hydrogen-bond acceptors (Lipinski definition) is 6. The topological polar surface area (TPSA) is 85.0 Å². The molecule has 138 valence electrons. The van der Waals surface area contributed by atoms with E-state index in [9.17, 15) is 4.79 Å². The summed E-state index contributed by atoms with van der Waals surface area (Å²) >= 11 is 0. The molecule has 1 unspecified atom stereocenters. The van der Waals surface area contributed by atoms with Crippen LogP contribution in [0.3, 0.4) is 0 Å². The van der Waals surface area contributed by atoms with E-state index in [0.717, 1.165) is 41.2 Å². The van der Waals surface area contributed by atoms with E-state index in [1.807, 2.05) is 37.8 Å². The molecule has 1 atom stereocenters. The van der Waals surface area contributed by atoms with E-state index < -0.39 is 0 Å². The minimum absolute atomic E-state index is 0.0189. The normalized spacial score (nSPS) is 16.7. The van der Waals surface area contributed by atoms with Gasteiger partial charge >= 0.3 is 0 Å². The summed E-state index contributed by atoms with van der Waals surface area (Å²) in [6.07, 6.45) is 6.89. The van der Waals surface area contributed by atoms with Crippen LogP contribution in [0.2, 0.25) is 0 Å². The number of rotatable bonds is 3. The molecule has 1 amide bonds. The number of pyridine rings is 1. The molecule has 1 aliphatic rings. The molecule has 0 saturated carbocycles. The molecule has 0 spiro atoms. The van der Waals surface area contributed by atoms with Crippen molar-refractivity contribution in [3.8, 4) is 11.3 Å². The fraction of sp³-hybridized carbons (Fsp3) is 0.350. The minimum Gasteiger partial charge on any atom is -0.361 e. The number of aromatic nitrogens is 4. The Morgan fingerprint density at radius 3 is 2.74 bits per heavy atom. The van der Waals surface area contributed by atoms with Crippen molar-refractivity contribution in [1.82, 2.24) is 25.0 Å². The molecule has 27 heavy (non-hydrogen) atoms. The van der Waals surface area contributed by atoms with Crippen molar-refractivity contribution in [1.29, 1.82) is 0 Å². The lowest BCUT2D eigenvalue weighted by Crippen LogP contribution is -2.31. The molecular formula is C20H21N5O2. The zero-order chi connectivity index (χ0) is 19.0. The third-order valence-electron chi connectivity index (χ3n) is 4.96. The second-order valence-corrected chi connectivity index (χ2v) is 6.87. The molecule has 1 aliphatic heterocycles. The van der Waals surface area contributed by atoms with Crippen molar-refractivity contribution in [3.63, 3.8) is 0 Å². The maximum atomic E-state index is 13.0. The summed E-state index contributed by atoms with van der Waals surface area (Å²) in [5.74, 6) is 0.693. The summed E-state index contributed by atoms with van der Waals surface area (Å²) in [7, 11) is 0. The Hall–Kier alpha value is -3.09. The standard InChI is InChI=1S/C20H21N5O2/c1-12-6-7-15(9-22-12)20(26)25-8-4-5-18(25)16-10-21-11-17(23-16)19-13(2)24-27-14(19)3/h6-7,9-11,18H,4-5,8H2,1-3H3. The number of likely N-dealkylation sites (tertiary alicyclic amines) is 1. The molecule has 0 aromatic carbocycles. The summed E-state index contributed by atoms with van der Waals surface area (Å²) in [6.45, 7) is 6.35. The van der Waals surface area contributed by atoms with Crippen molar-refractivity contribution in [2.75, 3.05) is 6.54 Å². The van der Waals surface area contributed by atoms with Gasteiger partial charge in [0.05, 0.1) is 46.6 Å². The number of hydrogen-bond donors (Lipinski definition) is 0. The van der Waals surface area contributed by atoms with Gasteiger partial charge in [0.25, 0.3) is 5.91 Å². The van der Waals surface area contributed by atoms with Crippen molar-refractivity contribution >= 4 is 5.91 Å². The summed E-state index contributed by atoms with van der Waals surface area (Å²) in [5, 5.41) is 4.00. The maximum absolute atomic E-state index is 13.0. The SMILES string of the molecule is Cc1ccc(C(=O)N2CCCC2c2cncc(-c3c(C)noc3C)n2)cn1. The third-order valence-corrected chi connectivity index (χ3v) is 4.96. The van der Waals surface area contributed by atoms with Crippen LogP contribution in [0, 0.1) is 20.8 Å². The van der Waals surface area contributed by atoms with Crippen LogP contribution in [0.4, 0.5) is 0 Å². The second-order valence-electron chi connectivity index (χ2n) is 6.87. The number of aryl methyl sites for hydroxylation is 3. The van der Waals surface area contributed by atoms with E-state index in [0.29, 0.717) is 17.9 Å². The molecule has 3 aromatic heterocycles. The number of nitrogens with zero attached hydrogens (tertiary/aromatic N) is 5. The lowest BCUT2D eigenvalue weighted by molar-refractivity contribution is 0.0732. The first-order valence-corrected chi connectivity index (χ1v) is 9.03. The van der Waals surface area contributed by atoms with Gasteiger partial charge in [-0.1, -0.05) is 5.16 Å². The van der Waals surface area contributed by atoms with Gasteiger partial charge < -0.3 is 9.42 Å². The molecule has 4 rings (SSSR count). The molecule has 1 fully saturated rings. The number of carbonyl (C=O) groups excluding carboxylic acids is 1. The van der Waals surface area contributed by atoms with Crippen LogP contribution < -0.4 is 0 Å². The Labute approximate surface area is 157 Å². The van der Waals surface area contributed by atoms with E-state index in [1.54, 1.807) is 18.6 Å². The molecule has 0 radical (unpaired) electrons. The van der Waals surface area contributed by atoms with Crippen LogP contribution in [-0.4, -0.2) is 37.5 Å². The lowest BCUT2D eigenvalue weighted by Gasteiger charge is -2.24. The molecule has 0 aliphatic carbocycles. The smallest absolute Gasteiger partial charge is 0.255 e. The van der Waals surface area contributed by atoms with Gasteiger partial charge in [-0.3, -0.25) is 14.8 Å². The quantitative estimate of drug-likeness (QED) is 0.709. The molecule has 4 heterocycles. The van der Waals surface area contributed by atoms with Crippen LogP contribution in [0.5, 0.6) is 0 Å². The number of amides is 1. The molecule has 7 heteroatoms. The van der Waals surface area contributed by atoms with Gasteiger partial charge in [-0.2, -0.15) is 0 Å². The first-order valence-electron chi connectivity index (χ1n) is 9.03. The zero-order valence-corrected chi connectivity index (χ0v) is 15.6. The summed E-state index contributed by atoms with van der Waals surface area (Å²) < 4.78 is 5.25. The van der Waals surface area contributed by atoms with Crippen molar-refractivity contribution < 1.29 is 9.32 Å². The Balaban J connectivity index is 1.65. The maximum Gasteiger partial charge on any atom is 0.255 e. The highest BCUT2D eigenvalue weighted by Crippen LogP contribution is 2.33. The zero-order valence-electron chi connectivity index (χ0n) is 15.6. The highest BCUT2D eigenvalue weighted by molar-refractivity contribution is 5.94. The van der Waals surface area contributed by atoms with Crippen LogP contribution in [0.1, 0.15) is 52.1 Å². The van der Waals surface area contributed by atoms with Crippen molar-refractivity contribution in [2.24, 2.45) is 0 Å². The predicted octanol–water partition coefficient (Wildman–Crippen LogP) is 3.43. The highest BCUT2D eigenvalue weighted by atomic mass is 16.5. The van der Waals surface area contributed by atoms with E-state index in [-0.39, 0.29) is 11.9 Å². The highest BCUT2D eigenvalue weighted by Gasteiger charge is 2.32. The monoisotopic (exact) mass is 363 g/mol. The largest absolute Gasteiger partial charge is 0.361 e. The van der Waals surface area contributed by atoms with Gasteiger partial charge in [0.15, 0.2) is 0 Å². The summed E-state index contributed by atoms with van der Waals surface area (Å²) in [5.41, 5.74) is 4.65. The van der Waals surface area contributed by atoms with E-state index in [2.05, 4.69) is 15.1 Å². The van der Waals surface area contributed by atoms with Crippen molar-refractivity contribution in [3.05, 3.63) is 59.1 Å². The van der Waals surface area contributed by atoms with Crippen LogP contribution >= 0.6 is 0 Å². The lowest BCUT2D eigenvalue weighted by atomic mass is 10.1. The first-order chi connectivity index (χ1) is 13.0. The Kier molecular flexibility index (Phi) is 4.43. The Morgan fingerprint density at radius 2 is 2.04 bits per heavy atom. The summed E-state index contributed by atoms with van der Waals surface area (Å²) in [6, 6.07) is 3.59. The van der Waals surface area contributed by atoms with E-state index in [1.165, 1.54) is 0 Å². The van der Waals surface area contributed by atoms with E-state index >= 15 is 0 Å². The van der Waals surface area contributed by atoms with Gasteiger partial charge in [0, 0.05) is 18.4 Å². The predicted molar refractivity (Wildman–Crippen MR) is 99.0 cm³/mol. The van der Waals surface area contributed by atoms with Gasteiger partial charge in [-0.25, -0.2) is 4.98 Å². The Morgan fingerprint density at radius 1 is 1.19 bits per heavy atom. The van der Waals surface area contributed by atoms with Crippen LogP contribution in [0.15, 0.2) is 35.2 Å². The molecule has 0 bridgehead atoms. The van der Waals surface area contributed by atoms with Crippen LogP contribution in [-0.2, 0) is 0 Å². The first kappa shape index (κ1) is 17.3. The average Bonchev–Trinajstić information content (AvgIpc) is 3.29. The van der Waals surface area contributed by atoms with Crippen molar-refractivity contribution in [2.45, 2.75) is 39.7 Å². The fourth-order valence-electron chi connectivity index (χ4n) is 3.59. The average molecular weight is 363 g/mol. The molecule has 1 saturated heterocycles. The van der Waals surface area contributed by atoms with Gasteiger partial charge in [0.2, 0.25) is 0 Å². The van der Waals surface area contributed by atoms with Crippen LogP contribution in [0.25, 0.3) is 11.3 Å². The van der Waals surface area contributed by atoms with Gasteiger partial charge in [-0.05, 0) is 45.7 Å². The fourth-order valence-corrected chi connectivity index (χ4v) is 3.59. The van der Waals surface area contributed by atoms with Gasteiger partial charge in [-0.15, -0.1) is 0 Å². The third kappa shape index (κ3) is 3.20. The molecular weight excluding hydrogens is 342 g/mol. The minimum atomic E-state index is -0.0910. The molecule has 7 nitrogen and oxygen atoms in total. The molecule has 3 aromatic rings. The van der Waals surface area contributed by atoms with E-state index in [4.69, 9.17) is 9.51 Å². The molecule has 0 N–H and O–H groups in total. The second kappa shape index (κ2) is 6.90. The summed E-state index contributed by atoms with van der Waals surface area (Å²) in [4.78, 5) is 28.2. The van der Waals surface area contributed by atoms with Gasteiger partial charge in [0.1, 0.15) is 5.76 Å².